The summed E-state index contributed by atoms with van der Waals surface area (Å²) in [5.41, 5.74) is 1.18. The van der Waals surface area contributed by atoms with E-state index >= 15 is 0 Å². The van der Waals surface area contributed by atoms with Gasteiger partial charge in [0.1, 0.15) is 5.75 Å². The first-order valence-corrected chi connectivity index (χ1v) is 7.38. The summed E-state index contributed by atoms with van der Waals surface area (Å²) in [6.07, 6.45) is 2.87. The predicted octanol–water partition coefficient (Wildman–Crippen LogP) is 1.83. The highest BCUT2D eigenvalue weighted by Gasteiger charge is 2.29. The van der Waals surface area contributed by atoms with Crippen LogP contribution in [0.15, 0.2) is 24.3 Å². The van der Waals surface area contributed by atoms with Crippen molar-refractivity contribution in [2.45, 2.75) is 45.2 Å². The normalized spacial score (nSPS) is 23.5. The van der Waals surface area contributed by atoms with Crippen molar-refractivity contribution in [2.75, 3.05) is 6.54 Å². The molecule has 0 bridgehead atoms. The fourth-order valence-electron chi connectivity index (χ4n) is 2.64. The van der Waals surface area contributed by atoms with E-state index < -0.39 is 0 Å². The van der Waals surface area contributed by atoms with E-state index in [9.17, 15) is 9.90 Å². The Kier molecular flexibility index (Phi) is 5.01. The molecule has 0 saturated carbocycles. The molecule has 110 valence electrons. The second-order valence-electron chi connectivity index (χ2n) is 5.81. The highest BCUT2D eigenvalue weighted by Crippen LogP contribution is 2.15. The molecule has 0 aromatic heterocycles. The molecule has 1 aromatic carbocycles. The fourth-order valence-corrected chi connectivity index (χ4v) is 2.64. The van der Waals surface area contributed by atoms with Crippen LogP contribution in [-0.2, 0) is 11.2 Å². The Morgan fingerprint density at radius 3 is 2.75 bits per heavy atom. The summed E-state index contributed by atoms with van der Waals surface area (Å²) in [6.45, 7) is 5.09. The zero-order valence-electron chi connectivity index (χ0n) is 12.2. The first kappa shape index (κ1) is 14.9. The Labute approximate surface area is 120 Å². The molecule has 0 spiro atoms. The molecule has 0 aliphatic carbocycles. The molecule has 1 saturated heterocycles. The highest BCUT2D eigenvalue weighted by atomic mass is 16.3. The Morgan fingerprint density at radius 2 is 2.15 bits per heavy atom. The van der Waals surface area contributed by atoms with Crippen molar-refractivity contribution in [3.05, 3.63) is 29.8 Å². The van der Waals surface area contributed by atoms with Crippen LogP contribution < -0.4 is 10.6 Å². The lowest BCUT2D eigenvalue weighted by Crippen LogP contribution is -2.46. The zero-order valence-corrected chi connectivity index (χ0v) is 12.2. The van der Waals surface area contributed by atoms with Gasteiger partial charge < -0.3 is 15.7 Å². The lowest BCUT2D eigenvalue weighted by atomic mass is 10.0. The average Bonchev–Trinajstić information content (AvgIpc) is 2.84. The SMILES string of the molecule is CC(CCc1ccc(O)cc1)NC(=O)C1NCCC1C. The molecule has 1 aliphatic rings. The van der Waals surface area contributed by atoms with Crippen molar-refractivity contribution < 1.29 is 9.90 Å². The van der Waals surface area contributed by atoms with E-state index in [-0.39, 0.29) is 23.7 Å². The van der Waals surface area contributed by atoms with Gasteiger partial charge in [0.25, 0.3) is 0 Å². The number of amides is 1. The molecule has 0 radical (unpaired) electrons. The molecule has 3 N–H and O–H groups in total. The molecule has 1 amide bonds. The summed E-state index contributed by atoms with van der Waals surface area (Å²) >= 11 is 0. The molecule has 3 unspecified atom stereocenters. The third-order valence-electron chi connectivity index (χ3n) is 4.01. The maximum Gasteiger partial charge on any atom is 0.237 e. The molecule has 3 atom stereocenters. The maximum atomic E-state index is 12.1. The van der Waals surface area contributed by atoms with Crippen LogP contribution in [-0.4, -0.2) is 29.6 Å². The Morgan fingerprint density at radius 1 is 1.45 bits per heavy atom. The van der Waals surface area contributed by atoms with Gasteiger partial charge in [-0.3, -0.25) is 4.79 Å². The second kappa shape index (κ2) is 6.75. The smallest absolute Gasteiger partial charge is 0.237 e. The number of phenols is 1. The van der Waals surface area contributed by atoms with Crippen LogP contribution in [0.2, 0.25) is 0 Å². The fraction of sp³-hybridized carbons (Fsp3) is 0.562. The van der Waals surface area contributed by atoms with Crippen molar-refractivity contribution >= 4 is 5.91 Å². The van der Waals surface area contributed by atoms with Crippen LogP contribution in [0.25, 0.3) is 0 Å². The standard InChI is InChI=1S/C16H24N2O2/c1-11-9-10-17-15(11)16(20)18-12(2)3-4-13-5-7-14(19)8-6-13/h5-8,11-12,15,17,19H,3-4,9-10H2,1-2H3,(H,18,20). The van der Waals surface area contributed by atoms with Gasteiger partial charge in [0.05, 0.1) is 6.04 Å². The Balaban J connectivity index is 1.76. The van der Waals surface area contributed by atoms with Crippen LogP contribution in [0.3, 0.4) is 0 Å². The zero-order chi connectivity index (χ0) is 14.5. The highest BCUT2D eigenvalue weighted by molar-refractivity contribution is 5.82. The number of rotatable bonds is 5. The van der Waals surface area contributed by atoms with Gasteiger partial charge in [-0.15, -0.1) is 0 Å². The van der Waals surface area contributed by atoms with Gasteiger partial charge in [-0.1, -0.05) is 19.1 Å². The van der Waals surface area contributed by atoms with E-state index in [1.165, 1.54) is 5.56 Å². The number of phenolic OH excluding ortho intramolecular Hbond substituents is 1. The molecular weight excluding hydrogens is 252 g/mol. The van der Waals surface area contributed by atoms with Crippen LogP contribution in [0.4, 0.5) is 0 Å². The molecule has 1 aliphatic heterocycles. The van der Waals surface area contributed by atoms with Crippen LogP contribution in [0, 0.1) is 5.92 Å². The monoisotopic (exact) mass is 276 g/mol. The van der Waals surface area contributed by atoms with E-state index in [4.69, 9.17) is 0 Å². The summed E-state index contributed by atoms with van der Waals surface area (Å²) in [4.78, 5) is 12.1. The summed E-state index contributed by atoms with van der Waals surface area (Å²) < 4.78 is 0. The minimum absolute atomic E-state index is 0.0360. The van der Waals surface area contributed by atoms with Gasteiger partial charge in [0, 0.05) is 6.04 Å². The lowest BCUT2D eigenvalue weighted by Gasteiger charge is -2.19. The van der Waals surface area contributed by atoms with E-state index in [2.05, 4.69) is 17.6 Å². The topological polar surface area (TPSA) is 61.4 Å². The number of benzene rings is 1. The van der Waals surface area contributed by atoms with Gasteiger partial charge in [-0.25, -0.2) is 0 Å². The molecular formula is C16H24N2O2. The number of carbonyl (C=O) groups is 1. The van der Waals surface area contributed by atoms with E-state index in [1.807, 2.05) is 19.1 Å². The van der Waals surface area contributed by atoms with Crippen molar-refractivity contribution in [3.8, 4) is 5.75 Å². The molecule has 2 rings (SSSR count). The van der Waals surface area contributed by atoms with Crippen molar-refractivity contribution in [1.82, 2.24) is 10.6 Å². The third-order valence-corrected chi connectivity index (χ3v) is 4.01. The maximum absolute atomic E-state index is 12.1. The number of carbonyl (C=O) groups excluding carboxylic acids is 1. The van der Waals surface area contributed by atoms with E-state index in [0.29, 0.717) is 5.92 Å². The van der Waals surface area contributed by atoms with E-state index in [1.54, 1.807) is 12.1 Å². The first-order valence-electron chi connectivity index (χ1n) is 7.38. The van der Waals surface area contributed by atoms with Gasteiger partial charge in [0.15, 0.2) is 0 Å². The van der Waals surface area contributed by atoms with Gasteiger partial charge in [-0.05, 0) is 56.3 Å². The van der Waals surface area contributed by atoms with Gasteiger partial charge in [0.2, 0.25) is 5.91 Å². The molecule has 4 heteroatoms. The van der Waals surface area contributed by atoms with Crippen LogP contribution in [0.1, 0.15) is 32.3 Å². The molecule has 1 fully saturated rings. The lowest BCUT2D eigenvalue weighted by molar-refractivity contribution is -0.124. The Hall–Kier alpha value is -1.55. The van der Waals surface area contributed by atoms with Gasteiger partial charge >= 0.3 is 0 Å². The largest absolute Gasteiger partial charge is 0.508 e. The Bertz CT molecular complexity index is 444. The average molecular weight is 276 g/mol. The summed E-state index contributed by atoms with van der Waals surface area (Å²) in [5.74, 6) is 0.823. The summed E-state index contributed by atoms with van der Waals surface area (Å²) in [5, 5.41) is 15.6. The van der Waals surface area contributed by atoms with Crippen molar-refractivity contribution in [2.24, 2.45) is 5.92 Å². The number of hydrogen-bond acceptors (Lipinski definition) is 3. The number of aryl methyl sites for hydroxylation is 1. The molecule has 4 nitrogen and oxygen atoms in total. The van der Waals surface area contributed by atoms with Crippen LogP contribution in [0.5, 0.6) is 5.75 Å². The first-order chi connectivity index (χ1) is 9.56. The van der Waals surface area contributed by atoms with Crippen LogP contribution >= 0.6 is 0 Å². The predicted molar refractivity (Wildman–Crippen MR) is 79.6 cm³/mol. The summed E-state index contributed by atoms with van der Waals surface area (Å²) in [7, 11) is 0. The molecule has 1 aromatic rings. The number of aromatic hydroxyl groups is 1. The number of hydrogen-bond donors (Lipinski definition) is 3. The second-order valence-corrected chi connectivity index (χ2v) is 5.81. The minimum Gasteiger partial charge on any atom is -0.508 e. The van der Waals surface area contributed by atoms with Crippen molar-refractivity contribution in [1.29, 1.82) is 0 Å². The molecule has 20 heavy (non-hydrogen) atoms. The third kappa shape index (κ3) is 3.97. The molecule has 1 heterocycles. The summed E-state index contributed by atoms with van der Waals surface area (Å²) in [6, 6.07) is 7.36. The minimum atomic E-state index is -0.0360. The van der Waals surface area contributed by atoms with Crippen molar-refractivity contribution in [3.63, 3.8) is 0 Å². The number of nitrogens with one attached hydrogen (secondary N) is 2. The quantitative estimate of drug-likeness (QED) is 0.769. The van der Waals surface area contributed by atoms with E-state index in [0.717, 1.165) is 25.8 Å². The van der Waals surface area contributed by atoms with Gasteiger partial charge in [-0.2, -0.15) is 0 Å².